The van der Waals surface area contributed by atoms with Gasteiger partial charge in [0.05, 0.1) is 6.61 Å². The number of phenolic OH excluding ortho intramolecular Hbond substituents is 2. The van der Waals surface area contributed by atoms with Gasteiger partial charge < -0.3 is 24.6 Å². The van der Waals surface area contributed by atoms with Gasteiger partial charge in [0.15, 0.2) is 22.8 Å². The van der Waals surface area contributed by atoms with Gasteiger partial charge in [-0.2, -0.15) is 0 Å². The average molecular weight is 548 g/mol. The van der Waals surface area contributed by atoms with Crippen LogP contribution in [0, 0.1) is 17.8 Å². The highest BCUT2D eigenvalue weighted by molar-refractivity contribution is 6.18. The van der Waals surface area contributed by atoms with Gasteiger partial charge in [0.2, 0.25) is 0 Å². The van der Waals surface area contributed by atoms with Gasteiger partial charge in [0.1, 0.15) is 28.6 Å². The minimum absolute atomic E-state index is 0.0229. The summed E-state index contributed by atoms with van der Waals surface area (Å²) >= 11 is 0. The normalized spacial score (nSPS) is 32.2. The van der Waals surface area contributed by atoms with Crippen molar-refractivity contribution in [3.05, 3.63) is 52.1 Å². The molecule has 3 aliphatic carbocycles. The fourth-order valence-corrected chi connectivity index (χ4v) is 7.50. The lowest BCUT2D eigenvalue weighted by Gasteiger charge is -2.58. The van der Waals surface area contributed by atoms with Crippen LogP contribution in [0.4, 0.5) is 0 Å². The van der Waals surface area contributed by atoms with Crippen LogP contribution in [0.2, 0.25) is 0 Å². The molecule has 40 heavy (non-hydrogen) atoms. The minimum Gasteiger partial charge on any atom is -0.507 e. The number of allylic oxidation sites excluding steroid dienone is 4. The molecule has 4 bridgehead atoms. The Balaban J connectivity index is 1.49. The number of nitrogens with zero attached hydrogens (tertiary/aromatic N) is 1. The molecular weight excluding hydrogens is 510 g/mol. The van der Waals surface area contributed by atoms with Gasteiger partial charge in [-0.05, 0) is 40.0 Å². The number of rotatable bonds is 6. The maximum Gasteiger partial charge on any atom is 0.200 e. The van der Waals surface area contributed by atoms with Crippen LogP contribution in [0.5, 0.6) is 17.2 Å². The maximum absolute atomic E-state index is 14.3. The topological polar surface area (TPSA) is 113 Å². The lowest BCUT2D eigenvalue weighted by atomic mass is 9.49. The molecule has 3 fully saturated rings. The molecule has 8 heteroatoms. The molecule has 212 valence electrons. The SMILES string of the molecule is CC(C)=CCc1c(O)cc2c(c1O)C(=O)C1=C[C@H]3C(=O)[C@]4(CC=C(C)C)OC[C@H]([C@H]3CN3CCC(=O)CC3)[C@]14O2. The number of carbonyl (C=O) groups is 3. The zero-order chi connectivity index (χ0) is 28.6. The highest BCUT2D eigenvalue weighted by Crippen LogP contribution is 2.65. The molecule has 3 aliphatic heterocycles. The second kappa shape index (κ2) is 9.42. The number of phenols is 2. The van der Waals surface area contributed by atoms with Crippen molar-refractivity contribution >= 4 is 17.3 Å². The number of hydrogen-bond donors (Lipinski definition) is 2. The van der Waals surface area contributed by atoms with Crippen LogP contribution in [-0.4, -0.2) is 69.9 Å². The third-order valence-electron chi connectivity index (χ3n) is 9.54. The van der Waals surface area contributed by atoms with E-state index in [-0.39, 0.29) is 77.0 Å². The van der Waals surface area contributed by atoms with Crippen LogP contribution in [0.3, 0.4) is 0 Å². The number of fused-ring (bicyclic) bond motifs is 1. The van der Waals surface area contributed by atoms with Gasteiger partial charge in [0, 0.05) is 67.9 Å². The highest BCUT2D eigenvalue weighted by atomic mass is 16.6. The van der Waals surface area contributed by atoms with Crippen molar-refractivity contribution in [2.24, 2.45) is 17.8 Å². The number of ketones is 3. The number of benzene rings is 1. The number of carbonyl (C=O) groups excluding carboxylic acids is 3. The number of ether oxygens (including phenoxy) is 2. The molecule has 3 heterocycles. The number of hydrogen-bond acceptors (Lipinski definition) is 8. The van der Waals surface area contributed by atoms with Crippen LogP contribution in [0.1, 0.15) is 62.9 Å². The fraction of sp³-hybridized carbons (Fsp3) is 0.531. The molecule has 1 saturated carbocycles. The van der Waals surface area contributed by atoms with E-state index in [0.29, 0.717) is 38.0 Å². The van der Waals surface area contributed by atoms with E-state index < -0.39 is 17.1 Å². The van der Waals surface area contributed by atoms with Crippen LogP contribution in [0.15, 0.2) is 41.0 Å². The van der Waals surface area contributed by atoms with E-state index >= 15 is 0 Å². The van der Waals surface area contributed by atoms with E-state index in [0.717, 1.165) is 11.1 Å². The summed E-state index contributed by atoms with van der Waals surface area (Å²) in [5, 5.41) is 22.1. The zero-order valence-corrected chi connectivity index (χ0v) is 23.6. The largest absolute Gasteiger partial charge is 0.507 e. The van der Waals surface area contributed by atoms with Crippen molar-refractivity contribution < 1.29 is 34.1 Å². The monoisotopic (exact) mass is 547 g/mol. The first-order chi connectivity index (χ1) is 19.0. The Labute approximate surface area is 234 Å². The summed E-state index contributed by atoms with van der Waals surface area (Å²) in [4.78, 5) is 42.7. The smallest absolute Gasteiger partial charge is 0.200 e. The van der Waals surface area contributed by atoms with Crippen molar-refractivity contribution in [3.8, 4) is 17.2 Å². The first-order valence-electron chi connectivity index (χ1n) is 14.2. The van der Waals surface area contributed by atoms with Crippen LogP contribution in [0.25, 0.3) is 0 Å². The molecule has 6 aliphatic rings. The maximum atomic E-state index is 14.3. The Morgan fingerprint density at radius 3 is 2.45 bits per heavy atom. The van der Waals surface area contributed by atoms with E-state index in [1.54, 1.807) is 6.08 Å². The zero-order valence-electron chi connectivity index (χ0n) is 23.6. The Kier molecular flexibility index (Phi) is 6.35. The molecule has 0 unspecified atom stereocenters. The van der Waals surface area contributed by atoms with Crippen molar-refractivity contribution in [1.29, 1.82) is 0 Å². The number of piperidine rings is 1. The van der Waals surface area contributed by atoms with Gasteiger partial charge >= 0.3 is 0 Å². The second-order valence-electron chi connectivity index (χ2n) is 12.5. The molecule has 0 radical (unpaired) electrons. The summed E-state index contributed by atoms with van der Waals surface area (Å²) in [5.74, 6) is -1.57. The lowest BCUT2D eigenvalue weighted by molar-refractivity contribution is -0.171. The summed E-state index contributed by atoms with van der Waals surface area (Å²) < 4.78 is 13.2. The Morgan fingerprint density at radius 2 is 1.77 bits per heavy atom. The number of aromatic hydroxyl groups is 2. The summed E-state index contributed by atoms with van der Waals surface area (Å²) in [6.07, 6.45) is 7.13. The van der Waals surface area contributed by atoms with E-state index in [4.69, 9.17) is 9.47 Å². The molecule has 1 aromatic carbocycles. The summed E-state index contributed by atoms with van der Waals surface area (Å²) in [6.45, 7) is 9.91. The summed E-state index contributed by atoms with van der Waals surface area (Å²) in [5.41, 5.74) is -0.0514. The first kappa shape index (κ1) is 27.0. The van der Waals surface area contributed by atoms with Gasteiger partial charge in [-0.3, -0.25) is 14.4 Å². The van der Waals surface area contributed by atoms with Crippen LogP contribution < -0.4 is 4.74 Å². The Hall–Kier alpha value is -3.23. The van der Waals surface area contributed by atoms with Crippen LogP contribution in [-0.2, 0) is 20.7 Å². The summed E-state index contributed by atoms with van der Waals surface area (Å²) in [6, 6.07) is 1.40. The Bertz CT molecular complexity index is 1400. The van der Waals surface area contributed by atoms with Crippen LogP contribution >= 0.6 is 0 Å². The average Bonchev–Trinajstić information content (AvgIpc) is 3.18. The Morgan fingerprint density at radius 1 is 1.07 bits per heavy atom. The molecule has 8 nitrogen and oxygen atoms in total. The molecule has 0 aromatic heterocycles. The molecule has 1 spiro atoms. The van der Waals surface area contributed by atoms with Gasteiger partial charge in [-0.15, -0.1) is 0 Å². The quantitative estimate of drug-likeness (QED) is 0.513. The molecule has 1 aromatic rings. The van der Waals surface area contributed by atoms with E-state index in [9.17, 15) is 24.6 Å². The van der Waals surface area contributed by atoms with Gasteiger partial charge in [-0.25, -0.2) is 0 Å². The lowest BCUT2D eigenvalue weighted by Crippen LogP contribution is -2.74. The predicted octanol–water partition coefficient (Wildman–Crippen LogP) is 4.08. The molecule has 2 N–H and O–H groups in total. The highest BCUT2D eigenvalue weighted by Gasteiger charge is 2.79. The first-order valence-corrected chi connectivity index (χ1v) is 14.2. The molecular formula is C32H37NO7. The second-order valence-corrected chi connectivity index (χ2v) is 12.5. The summed E-state index contributed by atoms with van der Waals surface area (Å²) in [7, 11) is 0. The standard InChI is InChI=1S/C32H37NO7/c1-17(2)5-6-20-25(35)14-26-27(28(20)36)29(37)23-13-21-22(15-33-11-8-19(34)9-12-33)24-16-39-31(30(21)38,10-7-18(3)4)32(23,24)40-26/h5,7,13-14,21-22,24,35-36H,6,8-12,15-16H2,1-4H3/t21-,22+,24-,31+,32-/m1/s1. The van der Waals surface area contributed by atoms with Gasteiger partial charge in [-0.1, -0.05) is 29.4 Å². The third-order valence-corrected chi connectivity index (χ3v) is 9.54. The van der Waals surface area contributed by atoms with E-state index in [2.05, 4.69) is 4.90 Å². The number of Topliss-reactive ketones (excluding diaryl/α,β-unsaturated/α-hetero) is 3. The fourth-order valence-electron chi connectivity index (χ4n) is 7.50. The molecule has 5 atom stereocenters. The van der Waals surface area contributed by atoms with Crippen molar-refractivity contribution in [2.45, 2.75) is 64.6 Å². The minimum atomic E-state index is -1.38. The predicted molar refractivity (Wildman–Crippen MR) is 148 cm³/mol. The van der Waals surface area contributed by atoms with E-state index in [1.165, 1.54) is 6.07 Å². The number of likely N-dealkylation sites (tertiary alicyclic amines) is 1. The third kappa shape index (κ3) is 3.68. The van der Waals surface area contributed by atoms with E-state index in [1.807, 2.05) is 39.8 Å². The molecule has 7 rings (SSSR count). The van der Waals surface area contributed by atoms with Crippen molar-refractivity contribution in [1.82, 2.24) is 4.90 Å². The van der Waals surface area contributed by atoms with Gasteiger partial charge in [0.25, 0.3) is 0 Å². The van der Waals surface area contributed by atoms with Crippen molar-refractivity contribution in [2.75, 3.05) is 26.2 Å². The van der Waals surface area contributed by atoms with Crippen molar-refractivity contribution in [3.63, 3.8) is 0 Å². The molecule has 0 amide bonds. The molecule has 2 saturated heterocycles.